The molecule has 92 valence electrons. The number of likely N-dealkylation sites (tertiary alicyclic amines) is 1. The second-order valence-electron chi connectivity index (χ2n) is 5.42. The Balaban J connectivity index is 1.83. The van der Waals surface area contributed by atoms with Crippen LogP contribution in [0.15, 0.2) is 0 Å². The number of hydrogen-bond donors (Lipinski definition) is 1. The third kappa shape index (κ3) is 2.73. The SMILES string of the molecule is O=C(CCS)N1CCC2(CCCCC2)CC1. The molecule has 1 spiro atoms. The first-order valence-corrected chi connectivity index (χ1v) is 7.28. The Morgan fingerprint density at radius 1 is 1.06 bits per heavy atom. The average Bonchev–Trinajstić information content (AvgIpc) is 2.31. The van der Waals surface area contributed by atoms with E-state index in [9.17, 15) is 4.79 Å². The number of carbonyl (C=O) groups is 1. The van der Waals surface area contributed by atoms with Crippen LogP contribution < -0.4 is 0 Å². The van der Waals surface area contributed by atoms with Crippen LogP contribution in [0.25, 0.3) is 0 Å². The smallest absolute Gasteiger partial charge is 0.223 e. The van der Waals surface area contributed by atoms with E-state index in [-0.39, 0.29) is 0 Å². The highest BCUT2D eigenvalue weighted by atomic mass is 32.1. The van der Waals surface area contributed by atoms with E-state index in [2.05, 4.69) is 17.5 Å². The monoisotopic (exact) mass is 241 g/mol. The molecule has 0 N–H and O–H groups in total. The van der Waals surface area contributed by atoms with Crippen LogP contribution in [0.5, 0.6) is 0 Å². The highest BCUT2D eigenvalue weighted by Gasteiger charge is 2.36. The topological polar surface area (TPSA) is 20.3 Å². The summed E-state index contributed by atoms with van der Waals surface area (Å²) in [5.74, 6) is 0.987. The second kappa shape index (κ2) is 5.44. The minimum atomic E-state index is 0.306. The summed E-state index contributed by atoms with van der Waals surface area (Å²) < 4.78 is 0. The Bertz CT molecular complexity index is 238. The molecular weight excluding hydrogens is 218 g/mol. The highest BCUT2D eigenvalue weighted by molar-refractivity contribution is 7.80. The van der Waals surface area contributed by atoms with Crippen molar-refractivity contribution in [3.05, 3.63) is 0 Å². The van der Waals surface area contributed by atoms with Crippen molar-refractivity contribution in [2.75, 3.05) is 18.8 Å². The highest BCUT2D eigenvalue weighted by Crippen LogP contribution is 2.44. The van der Waals surface area contributed by atoms with Crippen molar-refractivity contribution in [3.63, 3.8) is 0 Å². The van der Waals surface area contributed by atoms with Gasteiger partial charge in [0, 0.05) is 19.5 Å². The van der Waals surface area contributed by atoms with Crippen LogP contribution in [-0.2, 0) is 4.79 Å². The number of carbonyl (C=O) groups excluding carboxylic acids is 1. The number of hydrogen-bond acceptors (Lipinski definition) is 2. The molecule has 0 aromatic heterocycles. The lowest BCUT2D eigenvalue weighted by molar-refractivity contribution is -0.133. The Hall–Kier alpha value is -0.180. The van der Waals surface area contributed by atoms with E-state index < -0.39 is 0 Å². The first kappa shape index (κ1) is 12.3. The molecule has 1 amide bonds. The van der Waals surface area contributed by atoms with Crippen LogP contribution in [-0.4, -0.2) is 29.6 Å². The van der Waals surface area contributed by atoms with Crippen molar-refractivity contribution in [2.24, 2.45) is 5.41 Å². The van der Waals surface area contributed by atoms with Gasteiger partial charge in [0.1, 0.15) is 0 Å². The first-order valence-electron chi connectivity index (χ1n) is 6.64. The van der Waals surface area contributed by atoms with Gasteiger partial charge in [-0.25, -0.2) is 0 Å². The molecule has 0 unspecified atom stereocenters. The van der Waals surface area contributed by atoms with Crippen LogP contribution in [0.3, 0.4) is 0 Å². The van der Waals surface area contributed by atoms with Gasteiger partial charge < -0.3 is 4.90 Å². The molecular formula is C13H23NOS. The van der Waals surface area contributed by atoms with Gasteiger partial charge in [0.15, 0.2) is 0 Å². The zero-order valence-corrected chi connectivity index (χ0v) is 11.0. The summed E-state index contributed by atoms with van der Waals surface area (Å²) in [6, 6.07) is 0. The maximum atomic E-state index is 11.7. The number of nitrogens with zero attached hydrogens (tertiary/aromatic N) is 1. The molecule has 2 fully saturated rings. The van der Waals surface area contributed by atoms with Crippen molar-refractivity contribution in [3.8, 4) is 0 Å². The van der Waals surface area contributed by atoms with E-state index in [1.165, 1.54) is 44.9 Å². The number of thiol groups is 1. The lowest BCUT2D eigenvalue weighted by Crippen LogP contribution is -2.43. The molecule has 3 heteroatoms. The fourth-order valence-corrected chi connectivity index (χ4v) is 3.48. The minimum absolute atomic E-state index is 0.306. The summed E-state index contributed by atoms with van der Waals surface area (Å²) in [6.07, 6.45) is 10.1. The van der Waals surface area contributed by atoms with E-state index in [0.29, 0.717) is 23.5 Å². The summed E-state index contributed by atoms with van der Waals surface area (Å²) in [5, 5.41) is 0. The summed E-state index contributed by atoms with van der Waals surface area (Å²) >= 11 is 4.13. The molecule has 0 radical (unpaired) electrons. The van der Waals surface area contributed by atoms with Crippen LogP contribution in [0, 0.1) is 5.41 Å². The zero-order chi connectivity index (χ0) is 11.4. The van der Waals surface area contributed by atoms with Crippen LogP contribution in [0.1, 0.15) is 51.4 Å². The third-order valence-corrected chi connectivity index (χ3v) is 4.64. The molecule has 0 aromatic rings. The van der Waals surface area contributed by atoms with Gasteiger partial charge in [-0.3, -0.25) is 4.79 Å². The molecule has 2 aliphatic rings. The number of amides is 1. The van der Waals surface area contributed by atoms with Crippen LogP contribution in [0.4, 0.5) is 0 Å². The normalized spacial score (nSPS) is 24.7. The van der Waals surface area contributed by atoms with E-state index in [4.69, 9.17) is 0 Å². The van der Waals surface area contributed by atoms with Crippen LogP contribution >= 0.6 is 12.6 Å². The summed E-state index contributed by atoms with van der Waals surface area (Å²) in [4.78, 5) is 13.8. The summed E-state index contributed by atoms with van der Waals surface area (Å²) in [5.41, 5.74) is 0.607. The number of rotatable bonds is 2. The van der Waals surface area contributed by atoms with E-state index in [0.717, 1.165) is 13.1 Å². The molecule has 0 bridgehead atoms. The Kier molecular flexibility index (Phi) is 4.17. The molecule has 0 aromatic carbocycles. The van der Waals surface area contributed by atoms with Crippen LogP contribution in [0.2, 0.25) is 0 Å². The minimum Gasteiger partial charge on any atom is -0.343 e. The second-order valence-corrected chi connectivity index (χ2v) is 5.86. The van der Waals surface area contributed by atoms with Gasteiger partial charge in [-0.2, -0.15) is 12.6 Å². The van der Waals surface area contributed by atoms with E-state index in [1.807, 2.05) is 0 Å². The molecule has 2 rings (SSSR count). The summed E-state index contributed by atoms with van der Waals surface area (Å²) in [6.45, 7) is 1.99. The zero-order valence-electron chi connectivity index (χ0n) is 10.1. The fraction of sp³-hybridized carbons (Fsp3) is 0.923. The maximum absolute atomic E-state index is 11.7. The largest absolute Gasteiger partial charge is 0.343 e. The molecule has 0 atom stereocenters. The Morgan fingerprint density at radius 2 is 1.69 bits per heavy atom. The standard InChI is InChI=1S/C13H23NOS/c15-12(4-11-16)14-9-7-13(8-10-14)5-2-1-3-6-13/h16H,1-11H2. The van der Waals surface area contributed by atoms with Gasteiger partial charge in [-0.05, 0) is 36.9 Å². The third-order valence-electron chi connectivity index (χ3n) is 4.42. The van der Waals surface area contributed by atoms with Crippen molar-refractivity contribution in [1.29, 1.82) is 0 Å². The van der Waals surface area contributed by atoms with Gasteiger partial charge in [-0.1, -0.05) is 19.3 Å². The molecule has 16 heavy (non-hydrogen) atoms. The van der Waals surface area contributed by atoms with Crippen molar-refractivity contribution in [1.82, 2.24) is 4.90 Å². The number of piperidine rings is 1. The Labute approximate surface area is 104 Å². The van der Waals surface area contributed by atoms with E-state index >= 15 is 0 Å². The Morgan fingerprint density at radius 3 is 2.25 bits per heavy atom. The molecule has 1 saturated carbocycles. The van der Waals surface area contributed by atoms with Crippen molar-refractivity contribution < 1.29 is 4.79 Å². The predicted octanol–water partition coefficient (Wildman–Crippen LogP) is 2.88. The van der Waals surface area contributed by atoms with E-state index in [1.54, 1.807) is 0 Å². The molecule has 1 saturated heterocycles. The van der Waals surface area contributed by atoms with Gasteiger partial charge in [0.25, 0.3) is 0 Å². The van der Waals surface area contributed by atoms with Gasteiger partial charge in [0.05, 0.1) is 0 Å². The molecule has 1 aliphatic carbocycles. The molecule has 1 aliphatic heterocycles. The quantitative estimate of drug-likeness (QED) is 0.737. The average molecular weight is 241 g/mol. The molecule has 1 heterocycles. The lowest BCUT2D eigenvalue weighted by Gasteiger charge is -2.44. The molecule has 2 nitrogen and oxygen atoms in total. The maximum Gasteiger partial charge on any atom is 0.223 e. The summed E-state index contributed by atoms with van der Waals surface area (Å²) in [7, 11) is 0. The fourth-order valence-electron chi connectivity index (χ4n) is 3.29. The van der Waals surface area contributed by atoms with Crippen molar-refractivity contribution >= 4 is 18.5 Å². The first-order chi connectivity index (χ1) is 7.76. The van der Waals surface area contributed by atoms with Gasteiger partial charge in [0.2, 0.25) is 5.91 Å². The van der Waals surface area contributed by atoms with Crippen molar-refractivity contribution in [2.45, 2.75) is 51.4 Å². The predicted molar refractivity (Wildman–Crippen MR) is 69.8 cm³/mol. The van der Waals surface area contributed by atoms with Gasteiger partial charge in [-0.15, -0.1) is 0 Å². The van der Waals surface area contributed by atoms with Gasteiger partial charge >= 0.3 is 0 Å². The lowest BCUT2D eigenvalue weighted by atomic mass is 9.68.